The van der Waals surface area contributed by atoms with Crippen molar-refractivity contribution in [2.45, 2.75) is 32.7 Å². The lowest BCUT2D eigenvalue weighted by atomic mass is 9.94. The molecule has 1 saturated heterocycles. The van der Waals surface area contributed by atoms with Crippen LogP contribution < -0.4 is 10.6 Å². The molecule has 1 aliphatic rings. The molecule has 1 fully saturated rings. The highest BCUT2D eigenvalue weighted by Gasteiger charge is 2.24. The predicted octanol–water partition coefficient (Wildman–Crippen LogP) is 1.72. The van der Waals surface area contributed by atoms with Gasteiger partial charge in [0, 0.05) is 5.69 Å². The van der Waals surface area contributed by atoms with Crippen LogP contribution in [0, 0.1) is 12.8 Å². The first-order valence-electron chi connectivity index (χ1n) is 6.12. The monoisotopic (exact) mass is 233 g/mol. The largest absolute Gasteiger partial charge is 0.323 e. The Morgan fingerprint density at radius 3 is 3.00 bits per heavy atom. The molecule has 0 aromatic carbocycles. The van der Waals surface area contributed by atoms with Gasteiger partial charge in [0.25, 0.3) is 0 Å². The van der Waals surface area contributed by atoms with Crippen LogP contribution in [0.5, 0.6) is 0 Å². The van der Waals surface area contributed by atoms with E-state index in [0.717, 1.165) is 30.8 Å². The smallest absolute Gasteiger partial charge is 0.241 e. The Morgan fingerprint density at radius 1 is 1.53 bits per heavy atom. The number of carbonyl (C=O) groups is 1. The molecule has 92 valence electrons. The van der Waals surface area contributed by atoms with Crippen molar-refractivity contribution in [1.82, 2.24) is 10.3 Å². The molecular formula is C13H19N3O. The van der Waals surface area contributed by atoms with Gasteiger partial charge >= 0.3 is 0 Å². The summed E-state index contributed by atoms with van der Waals surface area (Å²) in [5.41, 5.74) is 1.72. The summed E-state index contributed by atoms with van der Waals surface area (Å²) < 4.78 is 0. The highest BCUT2D eigenvalue weighted by atomic mass is 16.2. The number of nitrogens with zero attached hydrogens (tertiary/aromatic N) is 1. The predicted molar refractivity (Wildman–Crippen MR) is 67.8 cm³/mol. The molecule has 2 N–H and O–H groups in total. The number of aryl methyl sites for hydroxylation is 1. The standard InChI is InChI=1S/C13H19N3O/c1-9-5-6-14-12(7-9)13(17)16-11-4-3-10(2)15-8-11/h3-4,8-9,12,14H,5-7H2,1-2H3,(H,16,17). The number of hydrogen-bond acceptors (Lipinski definition) is 3. The van der Waals surface area contributed by atoms with E-state index in [1.54, 1.807) is 6.20 Å². The average molecular weight is 233 g/mol. The van der Waals surface area contributed by atoms with Gasteiger partial charge in [0.15, 0.2) is 0 Å². The van der Waals surface area contributed by atoms with Crippen LogP contribution >= 0.6 is 0 Å². The van der Waals surface area contributed by atoms with Gasteiger partial charge in [-0.25, -0.2) is 0 Å². The SMILES string of the molecule is Cc1ccc(NC(=O)C2CC(C)CCN2)cn1. The number of hydrogen-bond donors (Lipinski definition) is 2. The Labute approximate surface area is 102 Å². The molecule has 17 heavy (non-hydrogen) atoms. The van der Waals surface area contributed by atoms with Crippen LogP contribution in [0.3, 0.4) is 0 Å². The lowest BCUT2D eigenvalue weighted by molar-refractivity contribution is -0.119. The fourth-order valence-corrected chi connectivity index (χ4v) is 2.08. The van der Waals surface area contributed by atoms with E-state index in [-0.39, 0.29) is 11.9 Å². The number of pyridine rings is 1. The van der Waals surface area contributed by atoms with Gasteiger partial charge in [-0.15, -0.1) is 0 Å². The molecule has 2 unspecified atom stereocenters. The van der Waals surface area contributed by atoms with E-state index < -0.39 is 0 Å². The third kappa shape index (κ3) is 3.27. The molecule has 0 spiro atoms. The number of aromatic nitrogens is 1. The van der Waals surface area contributed by atoms with E-state index >= 15 is 0 Å². The molecule has 0 bridgehead atoms. The normalized spacial score (nSPS) is 24.4. The van der Waals surface area contributed by atoms with Crippen LogP contribution in [0.15, 0.2) is 18.3 Å². The second kappa shape index (κ2) is 5.27. The zero-order valence-electron chi connectivity index (χ0n) is 10.4. The molecule has 0 saturated carbocycles. The van der Waals surface area contributed by atoms with Crippen LogP contribution in [-0.2, 0) is 4.79 Å². The van der Waals surface area contributed by atoms with Gasteiger partial charge in [-0.3, -0.25) is 9.78 Å². The summed E-state index contributed by atoms with van der Waals surface area (Å²) >= 11 is 0. The van der Waals surface area contributed by atoms with Gasteiger partial charge in [0.2, 0.25) is 5.91 Å². The minimum atomic E-state index is -0.0694. The zero-order chi connectivity index (χ0) is 12.3. The summed E-state index contributed by atoms with van der Waals surface area (Å²) in [6.45, 7) is 5.04. The van der Waals surface area contributed by atoms with E-state index in [2.05, 4.69) is 22.5 Å². The fourth-order valence-electron chi connectivity index (χ4n) is 2.08. The van der Waals surface area contributed by atoms with Gasteiger partial charge in [0.1, 0.15) is 0 Å². The summed E-state index contributed by atoms with van der Waals surface area (Å²) in [6, 6.07) is 3.71. The van der Waals surface area contributed by atoms with Gasteiger partial charge in [-0.05, 0) is 44.4 Å². The molecule has 1 aliphatic heterocycles. The van der Waals surface area contributed by atoms with Crippen molar-refractivity contribution in [2.24, 2.45) is 5.92 Å². The molecule has 0 radical (unpaired) electrons. The lowest BCUT2D eigenvalue weighted by Crippen LogP contribution is -2.45. The first kappa shape index (κ1) is 12.0. The number of nitrogens with one attached hydrogen (secondary N) is 2. The van der Waals surface area contributed by atoms with Gasteiger partial charge < -0.3 is 10.6 Å². The molecule has 1 aromatic rings. The van der Waals surface area contributed by atoms with Crippen LogP contribution in [0.2, 0.25) is 0 Å². The molecule has 2 atom stereocenters. The van der Waals surface area contributed by atoms with Crippen molar-refractivity contribution in [3.05, 3.63) is 24.0 Å². The lowest BCUT2D eigenvalue weighted by Gasteiger charge is -2.27. The van der Waals surface area contributed by atoms with Crippen molar-refractivity contribution in [2.75, 3.05) is 11.9 Å². The first-order chi connectivity index (χ1) is 8.15. The summed E-state index contributed by atoms with van der Waals surface area (Å²) in [4.78, 5) is 16.2. The molecular weight excluding hydrogens is 214 g/mol. The molecule has 2 rings (SSSR count). The van der Waals surface area contributed by atoms with E-state index in [0.29, 0.717) is 5.92 Å². The van der Waals surface area contributed by atoms with Crippen molar-refractivity contribution < 1.29 is 4.79 Å². The summed E-state index contributed by atoms with van der Waals surface area (Å²) in [5, 5.41) is 6.14. The molecule has 1 amide bonds. The second-order valence-corrected chi connectivity index (χ2v) is 4.81. The van der Waals surface area contributed by atoms with Gasteiger partial charge in [0.05, 0.1) is 17.9 Å². The third-order valence-corrected chi connectivity index (χ3v) is 3.16. The minimum Gasteiger partial charge on any atom is -0.323 e. The van der Waals surface area contributed by atoms with Crippen molar-refractivity contribution in [3.63, 3.8) is 0 Å². The minimum absolute atomic E-state index is 0.0437. The topological polar surface area (TPSA) is 54.0 Å². The van der Waals surface area contributed by atoms with E-state index in [4.69, 9.17) is 0 Å². The Kier molecular flexibility index (Phi) is 3.74. The molecule has 2 heterocycles. The maximum absolute atomic E-state index is 12.0. The Bertz CT molecular complexity index is 388. The molecule has 0 aliphatic carbocycles. The van der Waals surface area contributed by atoms with Crippen LogP contribution in [0.25, 0.3) is 0 Å². The number of anilines is 1. The molecule has 4 nitrogen and oxygen atoms in total. The van der Waals surface area contributed by atoms with Crippen molar-refractivity contribution in [1.29, 1.82) is 0 Å². The Hall–Kier alpha value is -1.42. The summed E-state index contributed by atoms with van der Waals surface area (Å²) in [7, 11) is 0. The fraction of sp³-hybridized carbons (Fsp3) is 0.538. The van der Waals surface area contributed by atoms with Crippen molar-refractivity contribution >= 4 is 11.6 Å². The maximum atomic E-state index is 12.0. The summed E-state index contributed by atoms with van der Waals surface area (Å²) in [5.74, 6) is 0.658. The van der Waals surface area contributed by atoms with E-state index in [1.807, 2.05) is 19.1 Å². The Morgan fingerprint density at radius 2 is 2.35 bits per heavy atom. The highest BCUT2D eigenvalue weighted by molar-refractivity contribution is 5.94. The van der Waals surface area contributed by atoms with Gasteiger partial charge in [-0.2, -0.15) is 0 Å². The quantitative estimate of drug-likeness (QED) is 0.817. The molecule has 1 aromatic heterocycles. The molecule has 4 heteroatoms. The van der Waals surface area contributed by atoms with E-state index in [1.165, 1.54) is 0 Å². The van der Waals surface area contributed by atoms with Gasteiger partial charge in [-0.1, -0.05) is 6.92 Å². The maximum Gasteiger partial charge on any atom is 0.241 e. The van der Waals surface area contributed by atoms with E-state index in [9.17, 15) is 4.79 Å². The third-order valence-electron chi connectivity index (χ3n) is 3.16. The zero-order valence-corrected chi connectivity index (χ0v) is 10.4. The van der Waals surface area contributed by atoms with Crippen LogP contribution in [-0.4, -0.2) is 23.5 Å². The van der Waals surface area contributed by atoms with Crippen LogP contribution in [0.4, 0.5) is 5.69 Å². The number of amides is 1. The first-order valence-corrected chi connectivity index (χ1v) is 6.12. The van der Waals surface area contributed by atoms with Crippen molar-refractivity contribution in [3.8, 4) is 0 Å². The second-order valence-electron chi connectivity index (χ2n) is 4.81. The average Bonchev–Trinajstić information content (AvgIpc) is 2.32. The number of rotatable bonds is 2. The van der Waals surface area contributed by atoms with Crippen LogP contribution in [0.1, 0.15) is 25.5 Å². The number of carbonyl (C=O) groups excluding carboxylic acids is 1. The highest BCUT2D eigenvalue weighted by Crippen LogP contribution is 2.16. The number of piperidine rings is 1. The summed E-state index contributed by atoms with van der Waals surface area (Å²) in [6.07, 6.45) is 3.75. The Balaban J connectivity index is 1.94.